The van der Waals surface area contributed by atoms with Crippen LogP contribution in [0.5, 0.6) is 0 Å². The van der Waals surface area contributed by atoms with Crippen LogP contribution in [0.2, 0.25) is 0 Å². The Bertz CT molecular complexity index is 560. The van der Waals surface area contributed by atoms with Crippen LogP contribution in [0, 0.1) is 11.3 Å². The summed E-state index contributed by atoms with van der Waals surface area (Å²) in [4.78, 5) is 1.96. The van der Waals surface area contributed by atoms with E-state index in [2.05, 4.69) is 6.07 Å². The van der Waals surface area contributed by atoms with E-state index >= 15 is 0 Å². The van der Waals surface area contributed by atoms with E-state index in [9.17, 15) is 0 Å². The van der Waals surface area contributed by atoms with Gasteiger partial charge in [0.2, 0.25) is 0 Å². The van der Waals surface area contributed by atoms with Crippen molar-refractivity contribution in [1.82, 2.24) is 0 Å². The third-order valence-electron chi connectivity index (χ3n) is 2.32. The third kappa shape index (κ3) is 2.88. The Hall–Kier alpha value is -1.76. The topological polar surface area (TPSA) is 44.0 Å². The molecule has 1 N–H and O–H groups in total. The Morgan fingerprint density at radius 3 is 2.71 bits per heavy atom. The lowest BCUT2D eigenvalue weighted by molar-refractivity contribution is 0.281. The highest BCUT2D eigenvalue weighted by atomic mass is 32.2. The molecule has 0 spiro atoms. The second-order valence-electron chi connectivity index (χ2n) is 3.52. The summed E-state index contributed by atoms with van der Waals surface area (Å²) in [5.41, 5.74) is 1.55. The van der Waals surface area contributed by atoms with Crippen molar-refractivity contribution in [2.45, 2.75) is 16.4 Å². The molecule has 0 unspecified atom stereocenters. The fourth-order valence-corrected chi connectivity index (χ4v) is 2.46. The highest BCUT2D eigenvalue weighted by molar-refractivity contribution is 7.99. The van der Waals surface area contributed by atoms with Crippen molar-refractivity contribution in [2.24, 2.45) is 0 Å². The first-order valence-electron chi connectivity index (χ1n) is 5.20. The van der Waals surface area contributed by atoms with E-state index in [1.165, 1.54) is 11.8 Å². The van der Waals surface area contributed by atoms with Gasteiger partial charge in [-0.2, -0.15) is 5.26 Å². The van der Waals surface area contributed by atoms with Gasteiger partial charge in [-0.3, -0.25) is 0 Å². The second kappa shape index (κ2) is 5.53. The largest absolute Gasteiger partial charge is 0.392 e. The number of aliphatic hydroxyl groups is 1. The molecule has 0 bridgehead atoms. The van der Waals surface area contributed by atoms with E-state index in [0.29, 0.717) is 5.56 Å². The van der Waals surface area contributed by atoms with Crippen LogP contribution in [0.1, 0.15) is 11.1 Å². The van der Waals surface area contributed by atoms with E-state index in [0.717, 1.165) is 15.4 Å². The minimum Gasteiger partial charge on any atom is -0.392 e. The quantitative estimate of drug-likeness (QED) is 0.897. The van der Waals surface area contributed by atoms with Crippen LogP contribution in [-0.2, 0) is 6.61 Å². The van der Waals surface area contributed by atoms with Crippen molar-refractivity contribution >= 4 is 11.8 Å². The lowest BCUT2D eigenvalue weighted by Crippen LogP contribution is -1.84. The van der Waals surface area contributed by atoms with Gasteiger partial charge in [0.25, 0.3) is 0 Å². The first kappa shape index (κ1) is 11.7. The van der Waals surface area contributed by atoms with Gasteiger partial charge in [0.1, 0.15) is 6.07 Å². The summed E-state index contributed by atoms with van der Waals surface area (Å²) in [5, 5.41) is 18.1. The molecule has 0 fully saturated rings. The van der Waals surface area contributed by atoms with Gasteiger partial charge in [0.15, 0.2) is 0 Å². The lowest BCUT2D eigenvalue weighted by atomic mass is 10.2. The first-order chi connectivity index (χ1) is 8.33. The standard InChI is InChI=1S/C14H11NOS/c15-9-12-5-1-2-7-14(12)17-13-6-3-4-11(8-13)10-16/h1-8,16H,10H2. The van der Waals surface area contributed by atoms with Crippen LogP contribution in [0.3, 0.4) is 0 Å². The predicted octanol–water partition coefficient (Wildman–Crippen LogP) is 3.20. The van der Waals surface area contributed by atoms with E-state index in [-0.39, 0.29) is 6.61 Å². The molecule has 0 saturated carbocycles. The number of nitriles is 1. The normalized spacial score (nSPS) is 9.88. The Morgan fingerprint density at radius 2 is 1.94 bits per heavy atom. The maximum absolute atomic E-state index is 9.07. The highest BCUT2D eigenvalue weighted by Crippen LogP contribution is 2.30. The predicted molar refractivity (Wildman–Crippen MR) is 67.6 cm³/mol. The second-order valence-corrected chi connectivity index (χ2v) is 4.63. The van der Waals surface area contributed by atoms with Gasteiger partial charge >= 0.3 is 0 Å². The molecule has 0 saturated heterocycles. The summed E-state index contributed by atoms with van der Waals surface area (Å²) in [5.74, 6) is 0. The van der Waals surface area contributed by atoms with E-state index < -0.39 is 0 Å². The molecular weight excluding hydrogens is 230 g/mol. The zero-order valence-corrected chi connectivity index (χ0v) is 9.95. The van der Waals surface area contributed by atoms with Crippen LogP contribution in [0.15, 0.2) is 58.3 Å². The van der Waals surface area contributed by atoms with E-state index in [1.807, 2.05) is 42.5 Å². The summed E-state index contributed by atoms with van der Waals surface area (Å²) >= 11 is 1.53. The van der Waals surface area contributed by atoms with Crippen LogP contribution < -0.4 is 0 Å². The van der Waals surface area contributed by atoms with Crippen LogP contribution >= 0.6 is 11.8 Å². The molecule has 0 atom stereocenters. The minimum absolute atomic E-state index is 0.0360. The van der Waals surface area contributed by atoms with E-state index in [4.69, 9.17) is 10.4 Å². The minimum atomic E-state index is 0.0360. The van der Waals surface area contributed by atoms with E-state index in [1.54, 1.807) is 6.07 Å². The van der Waals surface area contributed by atoms with Gasteiger partial charge in [-0.25, -0.2) is 0 Å². The fraction of sp³-hybridized carbons (Fsp3) is 0.0714. The number of rotatable bonds is 3. The lowest BCUT2D eigenvalue weighted by Gasteiger charge is -2.04. The SMILES string of the molecule is N#Cc1ccccc1Sc1cccc(CO)c1. The fourth-order valence-electron chi connectivity index (χ4n) is 1.48. The average Bonchev–Trinajstić information content (AvgIpc) is 2.39. The van der Waals surface area contributed by atoms with Gasteiger partial charge in [0.05, 0.1) is 12.2 Å². The Balaban J connectivity index is 2.28. The van der Waals surface area contributed by atoms with Gasteiger partial charge in [-0.1, -0.05) is 36.0 Å². The molecule has 2 rings (SSSR count). The van der Waals surface area contributed by atoms with Gasteiger partial charge in [-0.15, -0.1) is 0 Å². The Labute approximate surface area is 105 Å². The maximum Gasteiger partial charge on any atom is 0.100 e. The molecule has 2 nitrogen and oxygen atoms in total. The van der Waals surface area contributed by atoms with Crippen molar-refractivity contribution in [3.8, 4) is 6.07 Å². The molecule has 2 aromatic carbocycles. The molecule has 0 radical (unpaired) electrons. The third-order valence-corrected chi connectivity index (χ3v) is 3.38. The average molecular weight is 241 g/mol. The van der Waals surface area contributed by atoms with Crippen molar-refractivity contribution in [1.29, 1.82) is 5.26 Å². The molecule has 2 aromatic rings. The van der Waals surface area contributed by atoms with Crippen LogP contribution in [0.25, 0.3) is 0 Å². The molecule has 17 heavy (non-hydrogen) atoms. The molecular formula is C14H11NOS. The molecule has 0 aromatic heterocycles. The van der Waals surface area contributed by atoms with Gasteiger partial charge in [-0.05, 0) is 29.8 Å². The van der Waals surface area contributed by atoms with Crippen molar-refractivity contribution in [3.63, 3.8) is 0 Å². The van der Waals surface area contributed by atoms with Crippen molar-refractivity contribution in [3.05, 3.63) is 59.7 Å². The number of hydrogen-bond donors (Lipinski definition) is 1. The summed E-state index contributed by atoms with van der Waals surface area (Å²) in [6.45, 7) is 0.0360. The van der Waals surface area contributed by atoms with Crippen molar-refractivity contribution in [2.75, 3.05) is 0 Å². The van der Waals surface area contributed by atoms with Crippen molar-refractivity contribution < 1.29 is 5.11 Å². The molecule has 0 amide bonds. The molecule has 84 valence electrons. The maximum atomic E-state index is 9.07. The number of benzene rings is 2. The molecule has 0 heterocycles. The first-order valence-corrected chi connectivity index (χ1v) is 6.02. The Morgan fingerprint density at radius 1 is 1.12 bits per heavy atom. The monoisotopic (exact) mass is 241 g/mol. The summed E-state index contributed by atoms with van der Waals surface area (Å²) < 4.78 is 0. The molecule has 0 aliphatic heterocycles. The van der Waals surface area contributed by atoms with Gasteiger partial charge in [0, 0.05) is 9.79 Å². The van der Waals surface area contributed by atoms with Crippen LogP contribution in [0.4, 0.5) is 0 Å². The summed E-state index contributed by atoms with van der Waals surface area (Å²) in [6.07, 6.45) is 0. The highest BCUT2D eigenvalue weighted by Gasteiger charge is 2.03. The number of aliphatic hydroxyl groups excluding tert-OH is 1. The zero-order chi connectivity index (χ0) is 12.1. The molecule has 3 heteroatoms. The Kier molecular flexibility index (Phi) is 3.81. The number of nitrogens with zero attached hydrogens (tertiary/aromatic N) is 1. The zero-order valence-electron chi connectivity index (χ0n) is 9.13. The molecule has 0 aliphatic rings. The smallest absolute Gasteiger partial charge is 0.100 e. The summed E-state index contributed by atoms with van der Waals surface area (Å²) in [6, 6.07) is 17.4. The van der Waals surface area contributed by atoms with Crippen LogP contribution in [-0.4, -0.2) is 5.11 Å². The summed E-state index contributed by atoms with van der Waals surface area (Å²) in [7, 11) is 0. The number of hydrogen-bond acceptors (Lipinski definition) is 3. The molecule has 0 aliphatic carbocycles. The van der Waals surface area contributed by atoms with Gasteiger partial charge < -0.3 is 5.11 Å².